The molecule has 1 aliphatic rings. The van der Waals surface area contributed by atoms with Gasteiger partial charge in [-0.25, -0.2) is 4.79 Å². The fourth-order valence-corrected chi connectivity index (χ4v) is 2.94. The molecule has 0 atom stereocenters. The predicted molar refractivity (Wildman–Crippen MR) is 65.0 cm³/mol. The lowest BCUT2D eigenvalue weighted by Gasteiger charge is -2.22. The highest BCUT2D eigenvalue weighted by atomic mass is 32.1. The average Bonchev–Trinajstić information content (AvgIpc) is 2.76. The maximum Gasteiger partial charge on any atom is 0.345 e. The van der Waals surface area contributed by atoms with Crippen LogP contribution in [-0.2, 0) is 6.54 Å². The van der Waals surface area contributed by atoms with E-state index in [-0.39, 0.29) is 0 Å². The second-order valence-electron chi connectivity index (χ2n) is 4.29. The quantitative estimate of drug-likeness (QED) is 0.849. The lowest BCUT2D eigenvalue weighted by Crippen LogP contribution is -2.30. The van der Waals surface area contributed by atoms with Gasteiger partial charge in [-0.15, -0.1) is 11.3 Å². The SMILES string of the molecule is O=C(O)c1ccc(CNC2CCCCC2)s1. The monoisotopic (exact) mass is 239 g/mol. The molecule has 1 heterocycles. The van der Waals surface area contributed by atoms with Crippen molar-refractivity contribution < 1.29 is 9.90 Å². The van der Waals surface area contributed by atoms with Crippen LogP contribution in [0.25, 0.3) is 0 Å². The number of thiophene rings is 1. The number of hydrogen-bond acceptors (Lipinski definition) is 3. The molecule has 88 valence electrons. The third-order valence-corrected chi connectivity index (χ3v) is 4.12. The van der Waals surface area contributed by atoms with Gasteiger partial charge in [0.15, 0.2) is 0 Å². The molecule has 0 radical (unpaired) electrons. The normalized spacial score (nSPS) is 17.5. The third kappa shape index (κ3) is 3.06. The average molecular weight is 239 g/mol. The molecule has 1 aliphatic carbocycles. The lowest BCUT2D eigenvalue weighted by atomic mass is 9.95. The van der Waals surface area contributed by atoms with Crippen LogP contribution in [0.15, 0.2) is 12.1 Å². The Morgan fingerprint density at radius 1 is 1.38 bits per heavy atom. The van der Waals surface area contributed by atoms with Crippen LogP contribution < -0.4 is 5.32 Å². The topological polar surface area (TPSA) is 49.3 Å². The Hall–Kier alpha value is -0.870. The van der Waals surface area contributed by atoms with Gasteiger partial charge in [0.2, 0.25) is 0 Å². The molecule has 2 N–H and O–H groups in total. The van der Waals surface area contributed by atoms with Gasteiger partial charge in [0.25, 0.3) is 0 Å². The van der Waals surface area contributed by atoms with Gasteiger partial charge in [0.05, 0.1) is 0 Å². The van der Waals surface area contributed by atoms with Crippen LogP contribution in [0.1, 0.15) is 46.7 Å². The zero-order valence-electron chi connectivity index (χ0n) is 9.24. The van der Waals surface area contributed by atoms with Crippen LogP contribution in [0, 0.1) is 0 Å². The lowest BCUT2D eigenvalue weighted by molar-refractivity contribution is 0.0702. The first kappa shape index (κ1) is 11.6. The van der Waals surface area contributed by atoms with Crippen molar-refractivity contribution in [3.8, 4) is 0 Å². The molecule has 2 rings (SSSR count). The van der Waals surface area contributed by atoms with E-state index in [4.69, 9.17) is 5.11 Å². The number of carboxylic acids is 1. The fourth-order valence-electron chi connectivity index (χ4n) is 2.14. The van der Waals surface area contributed by atoms with Crippen LogP contribution >= 0.6 is 11.3 Å². The first-order valence-electron chi connectivity index (χ1n) is 5.81. The molecular weight excluding hydrogens is 222 g/mol. The smallest absolute Gasteiger partial charge is 0.345 e. The highest BCUT2D eigenvalue weighted by molar-refractivity contribution is 7.13. The Labute approximate surface area is 99.5 Å². The van der Waals surface area contributed by atoms with E-state index in [0.717, 1.165) is 11.4 Å². The van der Waals surface area contributed by atoms with Gasteiger partial charge in [-0.3, -0.25) is 0 Å². The summed E-state index contributed by atoms with van der Waals surface area (Å²) in [6.07, 6.45) is 6.53. The number of hydrogen-bond donors (Lipinski definition) is 2. The summed E-state index contributed by atoms with van der Waals surface area (Å²) in [5.41, 5.74) is 0. The van der Waals surface area contributed by atoms with Crippen LogP contribution in [0.4, 0.5) is 0 Å². The van der Waals surface area contributed by atoms with E-state index in [9.17, 15) is 4.79 Å². The number of carboxylic acid groups (broad SMARTS) is 1. The summed E-state index contributed by atoms with van der Waals surface area (Å²) in [5, 5.41) is 12.3. The molecule has 1 aromatic heterocycles. The zero-order valence-corrected chi connectivity index (χ0v) is 10.1. The Morgan fingerprint density at radius 3 is 2.75 bits per heavy atom. The highest BCUT2D eigenvalue weighted by Gasteiger charge is 2.13. The Balaban J connectivity index is 1.81. The van der Waals surface area contributed by atoms with Crippen molar-refractivity contribution in [1.29, 1.82) is 0 Å². The molecule has 1 fully saturated rings. The van der Waals surface area contributed by atoms with Crippen molar-refractivity contribution in [1.82, 2.24) is 5.32 Å². The van der Waals surface area contributed by atoms with E-state index in [0.29, 0.717) is 10.9 Å². The Morgan fingerprint density at radius 2 is 2.12 bits per heavy atom. The Kier molecular flexibility index (Phi) is 3.96. The summed E-state index contributed by atoms with van der Waals surface area (Å²) in [6, 6.07) is 4.22. The number of rotatable bonds is 4. The maximum absolute atomic E-state index is 10.7. The molecule has 0 saturated heterocycles. The first-order valence-corrected chi connectivity index (χ1v) is 6.63. The van der Waals surface area contributed by atoms with Crippen molar-refractivity contribution in [3.63, 3.8) is 0 Å². The van der Waals surface area contributed by atoms with Crippen LogP contribution in [0.3, 0.4) is 0 Å². The van der Waals surface area contributed by atoms with Gasteiger partial charge in [-0.1, -0.05) is 19.3 Å². The van der Waals surface area contributed by atoms with Gasteiger partial charge in [0, 0.05) is 17.5 Å². The van der Waals surface area contributed by atoms with E-state index >= 15 is 0 Å². The van der Waals surface area contributed by atoms with Gasteiger partial charge in [-0.2, -0.15) is 0 Å². The van der Waals surface area contributed by atoms with E-state index < -0.39 is 5.97 Å². The summed E-state index contributed by atoms with van der Waals surface area (Å²) >= 11 is 1.37. The maximum atomic E-state index is 10.7. The van der Waals surface area contributed by atoms with Crippen LogP contribution in [0.5, 0.6) is 0 Å². The van der Waals surface area contributed by atoms with Crippen LogP contribution in [-0.4, -0.2) is 17.1 Å². The molecular formula is C12H17NO2S. The molecule has 0 aliphatic heterocycles. The van der Waals surface area contributed by atoms with Crippen molar-refractivity contribution >= 4 is 17.3 Å². The standard InChI is InChI=1S/C12H17NO2S/c14-12(15)11-7-6-10(16-11)8-13-9-4-2-1-3-5-9/h6-7,9,13H,1-5,8H2,(H,14,15). The highest BCUT2D eigenvalue weighted by Crippen LogP contribution is 2.20. The molecule has 0 amide bonds. The second-order valence-corrected chi connectivity index (χ2v) is 5.46. The minimum atomic E-state index is -0.825. The third-order valence-electron chi connectivity index (χ3n) is 3.04. The van der Waals surface area contributed by atoms with Gasteiger partial charge < -0.3 is 10.4 Å². The molecule has 0 spiro atoms. The zero-order chi connectivity index (χ0) is 11.4. The minimum Gasteiger partial charge on any atom is -0.477 e. The van der Waals surface area contributed by atoms with E-state index in [1.54, 1.807) is 6.07 Å². The van der Waals surface area contributed by atoms with Gasteiger partial charge in [-0.05, 0) is 25.0 Å². The van der Waals surface area contributed by atoms with Crippen molar-refractivity contribution in [2.24, 2.45) is 0 Å². The van der Waals surface area contributed by atoms with Crippen molar-refractivity contribution in [3.05, 3.63) is 21.9 Å². The van der Waals surface area contributed by atoms with E-state index in [2.05, 4.69) is 5.32 Å². The minimum absolute atomic E-state index is 0.431. The summed E-state index contributed by atoms with van der Waals surface area (Å²) in [5.74, 6) is -0.825. The number of carbonyl (C=O) groups is 1. The molecule has 1 aromatic rings. The van der Waals surface area contributed by atoms with E-state index in [1.807, 2.05) is 6.07 Å². The van der Waals surface area contributed by atoms with Crippen molar-refractivity contribution in [2.75, 3.05) is 0 Å². The largest absolute Gasteiger partial charge is 0.477 e. The molecule has 0 unspecified atom stereocenters. The predicted octanol–water partition coefficient (Wildman–Crippen LogP) is 2.87. The molecule has 4 heteroatoms. The molecule has 0 aromatic carbocycles. The van der Waals surface area contributed by atoms with Gasteiger partial charge in [0.1, 0.15) is 4.88 Å². The van der Waals surface area contributed by atoms with Crippen molar-refractivity contribution in [2.45, 2.75) is 44.7 Å². The van der Waals surface area contributed by atoms with Crippen LogP contribution in [0.2, 0.25) is 0 Å². The number of nitrogens with one attached hydrogen (secondary N) is 1. The van der Waals surface area contributed by atoms with E-state index in [1.165, 1.54) is 43.4 Å². The fraction of sp³-hybridized carbons (Fsp3) is 0.583. The van der Waals surface area contributed by atoms with Gasteiger partial charge >= 0.3 is 5.97 Å². The molecule has 1 saturated carbocycles. The second kappa shape index (κ2) is 5.46. The molecule has 3 nitrogen and oxygen atoms in total. The first-order chi connectivity index (χ1) is 7.75. The molecule has 0 bridgehead atoms. The summed E-state index contributed by atoms with van der Waals surface area (Å²) < 4.78 is 0. The summed E-state index contributed by atoms with van der Waals surface area (Å²) in [4.78, 5) is 12.3. The Bertz CT molecular complexity index is 356. The molecule has 16 heavy (non-hydrogen) atoms. The summed E-state index contributed by atoms with van der Waals surface area (Å²) in [7, 11) is 0. The number of aromatic carboxylic acids is 1. The summed E-state index contributed by atoms with van der Waals surface area (Å²) in [6.45, 7) is 0.808.